The molecule has 6 heteroatoms. The van der Waals surface area contributed by atoms with Crippen LogP contribution in [0.3, 0.4) is 0 Å². The third kappa shape index (κ3) is 2.73. The van der Waals surface area contributed by atoms with Gasteiger partial charge in [0, 0.05) is 26.0 Å². The normalized spacial score (nSPS) is 10.4. The number of rotatable bonds is 4. The molecule has 0 aliphatic carbocycles. The summed E-state index contributed by atoms with van der Waals surface area (Å²) < 4.78 is 1.77. The van der Waals surface area contributed by atoms with E-state index in [2.05, 4.69) is 20.4 Å². The van der Waals surface area contributed by atoms with Crippen LogP contribution in [0.1, 0.15) is 6.92 Å². The first kappa shape index (κ1) is 10.9. The van der Waals surface area contributed by atoms with Crippen LogP contribution >= 0.6 is 11.8 Å². The quantitative estimate of drug-likeness (QED) is 0.819. The van der Waals surface area contributed by atoms with Crippen molar-refractivity contribution in [3.05, 3.63) is 24.7 Å². The summed E-state index contributed by atoms with van der Waals surface area (Å²) in [6.45, 7) is 2.84. The Balaban J connectivity index is 2.12. The van der Waals surface area contributed by atoms with E-state index in [-0.39, 0.29) is 0 Å². The van der Waals surface area contributed by atoms with Crippen molar-refractivity contribution in [3.63, 3.8) is 0 Å². The van der Waals surface area contributed by atoms with Gasteiger partial charge in [-0.3, -0.25) is 4.68 Å². The molecule has 2 aromatic rings. The van der Waals surface area contributed by atoms with Crippen molar-refractivity contribution in [1.29, 1.82) is 0 Å². The maximum Gasteiger partial charge on any atom is 0.223 e. The maximum absolute atomic E-state index is 4.37. The minimum Gasteiger partial charge on any atom is -0.354 e. The van der Waals surface area contributed by atoms with Gasteiger partial charge in [-0.2, -0.15) is 5.10 Å². The van der Waals surface area contributed by atoms with E-state index in [1.165, 1.54) is 0 Å². The van der Waals surface area contributed by atoms with Crippen molar-refractivity contribution >= 4 is 17.7 Å². The fourth-order valence-corrected chi connectivity index (χ4v) is 2.02. The van der Waals surface area contributed by atoms with Crippen LogP contribution in [0, 0.1) is 0 Å². The van der Waals surface area contributed by atoms with Gasteiger partial charge >= 0.3 is 0 Å². The molecule has 2 rings (SSSR count). The number of aromatic nitrogens is 4. The van der Waals surface area contributed by atoms with Crippen LogP contribution in [0.25, 0.3) is 0 Å². The highest BCUT2D eigenvalue weighted by Gasteiger charge is 2.02. The van der Waals surface area contributed by atoms with E-state index < -0.39 is 0 Å². The van der Waals surface area contributed by atoms with Crippen molar-refractivity contribution in [2.45, 2.75) is 16.8 Å². The molecular formula is C10H13N5S. The molecule has 2 aromatic heterocycles. The fourth-order valence-electron chi connectivity index (χ4n) is 1.21. The van der Waals surface area contributed by atoms with Crippen LogP contribution in [0.2, 0.25) is 0 Å². The highest BCUT2D eigenvalue weighted by molar-refractivity contribution is 7.99. The highest BCUT2D eigenvalue weighted by atomic mass is 32.2. The summed E-state index contributed by atoms with van der Waals surface area (Å²) in [6, 6.07) is 1.89. The van der Waals surface area contributed by atoms with Gasteiger partial charge in [-0.25, -0.2) is 9.97 Å². The molecule has 0 amide bonds. The number of hydrogen-bond acceptors (Lipinski definition) is 5. The van der Waals surface area contributed by atoms with Gasteiger partial charge in [-0.15, -0.1) is 0 Å². The average molecular weight is 235 g/mol. The summed E-state index contributed by atoms with van der Waals surface area (Å²) in [6.07, 6.45) is 5.53. The molecule has 0 fully saturated rings. The Kier molecular flexibility index (Phi) is 3.40. The zero-order valence-corrected chi connectivity index (χ0v) is 10.0. The van der Waals surface area contributed by atoms with Gasteiger partial charge in [0.1, 0.15) is 5.03 Å². The zero-order chi connectivity index (χ0) is 11.4. The van der Waals surface area contributed by atoms with E-state index >= 15 is 0 Å². The molecule has 1 N–H and O–H groups in total. The molecule has 0 aliphatic rings. The molecule has 0 saturated carbocycles. The van der Waals surface area contributed by atoms with E-state index in [0.29, 0.717) is 5.95 Å². The molecule has 0 aromatic carbocycles. The molecule has 0 unspecified atom stereocenters. The van der Waals surface area contributed by atoms with Crippen molar-refractivity contribution in [3.8, 4) is 0 Å². The maximum atomic E-state index is 4.37. The Hall–Kier alpha value is -1.56. The highest BCUT2D eigenvalue weighted by Crippen LogP contribution is 2.25. The average Bonchev–Trinajstić information content (AvgIpc) is 2.65. The Morgan fingerprint density at radius 1 is 1.50 bits per heavy atom. The number of hydrogen-bond donors (Lipinski definition) is 1. The summed E-state index contributed by atoms with van der Waals surface area (Å²) in [5.41, 5.74) is 0. The minimum atomic E-state index is 0.663. The van der Waals surface area contributed by atoms with Gasteiger partial charge in [0.05, 0.1) is 11.1 Å². The van der Waals surface area contributed by atoms with Gasteiger partial charge in [0.25, 0.3) is 0 Å². The lowest BCUT2D eigenvalue weighted by Crippen LogP contribution is -2.01. The number of aryl methyl sites for hydroxylation is 1. The zero-order valence-electron chi connectivity index (χ0n) is 9.21. The first-order valence-electron chi connectivity index (χ1n) is 5.01. The molecular weight excluding hydrogens is 222 g/mol. The second-order valence-electron chi connectivity index (χ2n) is 3.20. The molecule has 0 aliphatic heterocycles. The molecule has 0 atom stereocenters. The van der Waals surface area contributed by atoms with Crippen molar-refractivity contribution in [2.24, 2.45) is 7.05 Å². The van der Waals surface area contributed by atoms with E-state index in [1.807, 2.05) is 32.4 Å². The minimum absolute atomic E-state index is 0.663. The second kappa shape index (κ2) is 4.98. The second-order valence-corrected chi connectivity index (χ2v) is 4.29. The van der Waals surface area contributed by atoms with E-state index in [0.717, 1.165) is 16.5 Å². The predicted molar refractivity (Wildman–Crippen MR) is 63.5 cm³/mol. The van der Waals surface area contributed by atoms with Gasteiger partial charge in [-0.1, -0.05) is 11.8 Å². The van der Waals surface area contributed by atoms with Crippen LogP contribution in [0.5, 0.6) is 0 Å². The summed E-state index contributed by atoms with van der Waals surface area (Å²) in [5, 5.41) is 8.11. The molecule has 0 bridgehead atoms. The molecule has 0 saturated heterocycles. The number of nitrogens with zero attached hydrogens (tertiary/aromatic N) is 4. The molecule has 16 heavy (non-hydrogen) atoms. The van der Waals surface area contributed by atoms with Gasteiger partial charge < -0.3 is 5.32 Å². The summed E-state index contributed by atoms with van der Waals surface area (Å²) in [7, 11) is 1.90. The van der Waals surface area contributed by atoms with Crippen LogP contribution in [0.4, 0.5) is 5.95 Å². The summed E-state index contributed by atoms with van der Waals surface area (Å²) >= 11 is 1.57. The lowest BCUT2D eigenvalue weighted by molar-refractivity contribution is 0.766. The fraction of sp³-hybridized carbons (Fsp3) is 0.300. The molecule has 84 valence electrons. The largest absolute Gasteiger partial charge is 0.354 e. The Morgan fingerprint density at radius 2 is 2.38 bits per heavy atom. The van der Waals surface area contributed by atoms with E-state index in [9.17, 15) is 0 Å². The van der Waals surface area contributed by atoms with Crippen LogP contribution in [-0.4, -0.2) is 26.3 Å². The van der Waals surface area contributed by atoms with Gasteiger partial charge in [0.15, 0.2) is 0 Å². The van der Waals surface area contributed by atoms with E-state index in [1.54, 1.807) is 22.6 Å². The third-order valence-electron chi connectivity index (χ3n) is 1.87. The Labute approximate surface area is 98.3 Å². The predicted octanol–water partition coefficient (Wildman–Crippen LogP) is 1.79. The van der Waals surface area contributed by atoms with Crippen LogP contribution < -0.4 is 5.32 Å². The summed E-state index contributed by atoms with van der Waals surface area (Å²) in [5.74, 6) is 0.663. The van der Waals surface area contributed by atoms with Gasteiger partial charge in [0.2, 0.25) is 5.95 Å². The number of anilines is 1. The lowest BCUT2D eigenvalue weighted by atomic mass is 10.6. The smallest absolute Gasteiger partial charge is 0.223 e. The van der Waals surface area contributed by atoms with Crippen molar-refractivity contribution in [1.82, 2.24) is 19.7 Å². The third-order valence-corrected chi connectivity index (χ3v) is 2.75. The molecule has 0 radical (unpaired) electrons. The lowest BCUT2D eigenvalue weighted by Gasteiger charge is -2.02. The topological polar surface area (TPSA) is 55.6 Å². The number of nitrogens with one attached hydrogen (secondary N) is 1. The molecule has 2 heterocycles. The standard InChI is InChI=1S/C10H13N5S/c1-3-11-10-12-5-4-9(14-10)16-8-6-13-15(2)7-8/h4-7H,3H2,1-2H3,(H,11,12,14). The van der Waals surface area contributed by atoms with E-state index in [4.69, 9.17) is 0 Å². The SMILES string of the molecule is CCNc1nccc(Sc2cnn(C)c2)n1. The Morgan fingerprint density at radius 3 is 3.06 bits per heavy atom. The molecule has 5 nitrogen and oxygen atoms in total. The monoisotopic (exact) mass is 235 g/mol. The van der Waals surface area contributed by atoms with Crippen molar-refractivity contribution < 1.29 is 0 Å². The summed E-state index contributed by atoms with van der Waals surface area (Å²) in [4.78, 5) is 9.56. The van der Waals surface area contributed by atoms with Crippen molar-refractivity contribution in [2.75, 3.05) is 11.9 Å². The van der Waals surface area contributed by atoms with Gasteiger partial charge in [-0.05, 0) is 13.0 Å². The first-order valence-corrected chi connectivity index (χ1v) is 5.83. The van der Waals surface area contributed by atoms with Crippen LogP contribution in [-0.2, 0) is 7.05 Å². The molecule has 0 spiro atoms. The first-order chi connectivity index (χ1) is 7.78. The Bertz CT molecular complexity index is 468. The van der Waals surface area contributed by atoms with Crippen LogP contribution in [0.15, 0.2) is 34.6 Å².